The maximum atomic E-state index is 14.2. The van der Waals surface area contributed by atoms with Gasteiger partial charge in [-0.3, -0.25) is 4.57 Å². The molecular weight excluding hydrogens is 291 g/mol. The number of imidazole rings is 1. The highest BCUT2D eigenvalue weighted by atomic mass is 32.1. The lowest BCUT2D eigenvalue weighted by Crippen LogP contribution is -1.98. The lowest BCUT2D eigenvalue weighted by atomic mass is 10.2. The molecule has 6 heteroatoms. The zero-order valence-corrected chi connectivity index (χ0v) is 12.3. The maximum Gasteiger partial charge on any atom is 0.182 e. The molecule has 0 unspecified atom stereocenters. The fourth-order valence-electron chi connectivity index (χ4n) is 2.30. The standard InChI is InChI=1S/C15H13FN2O2S/c1-19-9-6-7-10(16)12(8-9)18-11-4-3-5-13(20-2)14(11)17-15(18)21/h3-8H,1-2H3,(H,17,21). The maximum absolute atomic E-state index is 14.2. The summed E-state index contributed by atoms with van der Waals surface area (Å²) in [5.74, 6) is 0.835. The molecule has 0 spiro atoms. The number of aromatic amines is 1. The molecule has 0 aliphatic heterocycles. The normalized spacial score (nSPS) is 10.8. The van der Waals surface area contributed by atoms with Gasteiger partial charge in [-0.05, 0) is 36.5 Å². The van der Waals surface area contributed by atoms with Gasteiger partial charge in [0.2, 0.25) is 0 Å². The molecule has 1 N–H and O–H groups in total. The Labute approximate surface area is 125 Å². The van der Waals surface area contributed by atoms with Crippen molar-refractivity contribution in [1.82, 2.24) is 9.55 Å². The zero-order chi connectivity index (χ0) is 15.0. The number of benzene rings is 2. The predicted octanol–water partition coefficient (Wildman–Crippen LogP) is 3.84. The number of para-hydroxylation sites is 1. The third-order valence-electron chi connectivity index (χ3n) is 3.29. The molecule has 0 atom stereocenters. The van der Waals surface area contributed by atoms with Crippen LogP contribution in [0.25, 0.3) is 16.7 Å². The first-order chi connectivity index (χ1) is 10.2. The Morgan fingerprint density at radius 3 is 2.67 bits per heavy atom. The van der Waals surface area contributed by atoms with Gasteiger partial charge in [-0.25, -0.2) is 4.39 Å². The average Bonchev–Trinajstić information content (AvgIpc) is 2.83. The van der Waals surface area contributed by atoms with Crippen molar-refractivity contribution in [2.75, 3.05) is 14.2 Å². The van der Waals surface area contributed by atoms with Crippen molar-refractivity contribution < 1.29 is 13.9 Å². The summed E-state index contributed by atoms with van der Waals surface area (Å²) in [5, 5.41) is 0. The summed E-state index contributed by atoms with van der Waals surface area (Å²) in [6, 6.07) is 10.0. The van der Waals surface area contributed by atoms with Crippen LogP contribution in [0, 0.1) is 10.6 Å². The summed E-state index contributed by atoms with van der Waals surface area (Å²) in [7, 11) is 3.11. The van der Waals surface area contributed by atoms with E-state index in [2.05, 4.69) is 4.98 Å². The van der Waals surface area contributed by atoms with E-state index in [1.54, 1.807) is 23.8 Å². The number of hydrogen-bond acceptors (Lipinski definition) is 3. The third kappa shape index (κ3) is 2.17. The summed E-state index contributed by atoms with van der Waals surface area (Å²) in [5.41, 5.74) is 1.80. The van der Waals surface area contributed by atoms with E-state index in [9.17, 15) is 4.39 Å². The van der Waals surface area contributed by atoms with Crippen molar-refractivity contribution in [3.05, 3.63) is 47.0 Å². The van der Waals surface area contributed by atoms with Gasteiger partial charge in [-0.1, -0.05) is 6.07 Å². The van der Waals surface area contributed by atoms with Gasteiger partial charge in [-0.15, -0.1) is 0 Å². The Hall–Kier alpha value is -2.34. The van der Waals surface area contributed by atoms with Crippen LogP contribution < -0.4 is 9.47 Å². The molecule has 1 heterocycles. The summed E-state index contributed by atoms with van der Waals surface area (Å²) < 4.78 is 26.7. The third-order valence-corrected chi connectivity index (χ3v) is 3.58. The van der Waals surface area contributed by atoms with Crippen LogP contribution in [0.15, 0.2) is 36.4 Å². The molecule has 0 radical (unpaired) electrons. The van der Waals surface area contributed by atoms with Crippen LogP contribution in [0.5, 0.6) is 11.5 Å². The van der Waals surface area contributed by atoms with Crippen LogP contribution in [-0.4, -0.2) is 23.8 Å². The van der Waals surface area contributed by atoms with Crippen molar-refractivity contribution in [2.24, 2.45) is 0 Å². The highest BCUT2D eigenvalue weighted by Crippen LogP contribution is 2.29. The van der Waals surface area contributed by atoms with Crippen molar-refractivity contribution in [3.63, 3.8) is 0 Å². The van der Waals surface area contributed by atoms with Gasteiger partial charge < -0.3 is 14.5 Å². The summed E-state index contributed by atoms with van der Waals surface area (Å²) in [6.07, 6.45) is 0. The molecule has 3 rings (SSSR count). The first kappa shape index (κ1) is 13.6. The molecule has 21 heavy (non-hydrogen) atoms. The zero-order valence-electron chi connectivity index (χ0n) is 11.5. The molecule has 4 nitrogen and oxygen atoms in total. The van der Waals surface area contributed by atoms with Gasteiger partial charge >= 0.3 is 0 Å². The van der Waals surface area contributed by atoms with E-state index in [-0.39, 0.29) is 5.82 Å². The van der Waals surface area contributed by atoms with Crippen LogP contribution in [0.3, 0.4) is 0 Å². The molecule has 0 saturated heterocycles. The SMILES string of the molecule is COc1ccc(F)c(-n2c(=S)[nH]c3c(OC)cccc32)c1. The number of hydrogen-bond donors (Lipinski definition) is 1. The molecule has 0 bridgehead atoms. The van der Waals surface area contributed by atoms with Crippen LogP contribution in [0.4, 0.5) is 4.39 Å². The Morgan fingerprint density at radius 1 is 1.14 bits per heavy atom. The minimum Gasteiger partial charge on any atom is -0.497 e. The summed E-state index contributed by atoms with van der Waals surface area (Å²) in [6.45, 7) is 0. The molecule has 0 aliphatic carbocycles. The highest BCUT2D eigenvalue weighted by Gasteiger charge is 2.14. The van der Waals surface area contributed by atoms with E-state index in [4.69, 9.17) is 21.7 Å². The summed E-state index contributed by atoms with van der Waals surface area (Å²) in [4.78, 5) is 3.06. The quantitative estimate of drug-likeness (QED) is 0.747. The molecular formula is C15H13FN2O2S. The number of nitrogens with one attached hydrogen (secondary N) is 1. The highest BCUT2D eigenvalue weighted by molar-refractivity contribution is 7.71. The molecule has 1 aromatic heterocycles. The lowest BCUT2D eigenvalue weighted by Gasteiger charge is -2.09. The number of methoxy groups -OCH3 is 2. The molecule has 3 aromatic rings. The molecule has 0 amide bonds. The summed E-state index contributed by atoms with van der Waals surface area (Å²) >= 11 is 5.33. The average molecular weight is 304 g/mol. The van der Waals surface area contributed by atoms with Crippen molar-refractivity contribution in [3.8, 4) is 17.2 Å². The Morgan fingerprint density at radius 2 is 1.95 bits per heavy atom. The van der Waals surface area contributed by atoms with Gasteiger partial charge in [0.1, 0.15) is 22.8 Å². The minimum absolute atomic E-state index is 0.332. The van der Waals surface area contributed by atoms with Crippen LogP contribution in [0.2, 0.25) is 0 Å². The topological polar surface area (TPSA) is 39.2 Å². The Balaban J connectivity index is 2.35. The van der Waals surface area contributed by atoms with E-state index >= 15 is 0 Å². The second kappa shape index (κ2) is 5.21. The van der Waals surface area contributed by atoms with Crippen LogP contribution in [0.1, 0.15) is 0 Å². The van der Waals surface area contributed by atoms with Gasteiger partial charge in [0, 0.05) is 6.07 Å². The van der Waals surface area contributed by atoms with Gasteiger partial charge in [0.05, 0.1) is 25.4 Å². The first-order valence-corrected chi connectivity index (χ1v) is 6.68. The largest absolute Gasteiger partial charge is 0.497 e. The number of H-pyrrole nitrogens is 1. The van der Waals surface area contributed by atoms with Crippen molar-refractivity contribution in [2.45, 2.75) is 0 Å². The van der Waals surface area contributed by atoms with E-state index in [1.165, 1.54) is 13.2 Å². The number of nitrogens with zero attached hydrogens (tertiary/aromatic N) is 1. The number of rotatable bonds is 3. The van der Waals surface area contributed by atoms with Crippen LogP contribution in [-0.2, 0) is 0 Å². The van der Waals surface area contributed by atoms with Crippen LogP contribution >= 0.6 is 12.2 Å². The molecule has 0 aliphatic rings. The van der Waals surface area contributed by atoms with E-state index in [0.29, 0.717) is 22.0 Å². The van der Waals surface area contributed by atoms with Gasteiger partial charge in [0.15, 0.2) is 4.77 Å². The number of aromatic nitrogens is 2. The lowest BCUT2D eigenvalue weighted by molar-refractivity contribution is 0.413. The van der Waals surface area contributed by atoms with E-state index < -0.39 is 0 Å². The van der Waals surface area contributed by atoms with E-state index in [0.717, 1.165) is 11.0 Å². The smallest absolute Gasteiger partial charge is 0.182 e. The van der Waals surface area contributed by atoms with Gasteiger partial charge in [-0.2, -0.15) is 0 Å². The number of halogens is 1. The Kier molecular flexibility index (Phi) is 3.39. The predicted molar refractivity (Wildman–Crippen MR) is 81.5 cm³/mol. The second-order valence-corrected chi connectivity index (χ2v) is 4.82. The molecule has 108 valence electrons. The van der Waals surface area contributed by atoms with Gasteiger partial charge in [0.25, 0.3) is 0 Å². The van der Waals surface area contributed by atoms with E-state index in [1.807, 2.05) is 18.2 Å². The monoisotopic (exact) mass is 304 g/mol. The Bertz CT molecular complexity index is 870. The fraction of sp³-hybridized carbons (Fsp3) is 0.133. The second-order valence-electron chi connectivity index (χ2n) is 4.44. The number of fused-ring (bicyclic) bond motifs is 1. The number of ether oxygens (including phenoxy) is 2. The first-order valence-electron chi connectivity index (χ1n) is 6.27. The molecule has 2 aromatic carbocycles. The molecule has 0 saturated carbocycles. The molecule has 0 fully saturated rings. The van der Waals surface area contributed by atoms with Crippen molar-refractivity contribution >= 4 is 23.3 Å². The fourth-order valence-corrected chi connectivity index (χ4v) is 2.60. The minimum atomic E-state index is -0.379. The van der Waals surface area contributed by atoms with Crippen molar-refractivity contribution in [1.29, 1.82) is 0 Å².